The predicted molar refractivity (Wildman–Crippen MR) is 116 cm³/mol. The Hall–Kier alpha value is -2.97. The molecule has 2 fully saturated rings. The number of aliphatic hydroxyl groups is 1. The normalized spacial score (nSPS) is 21.8. The number of nitrogens with zero attached hydrogens (tertiary/aromatic N) is 3. The van der Waals surface area contributed by atoms with E-state index in [9.17, 15) is 14.7 Å². The minimum atomic E-state index is -0.677. The Morgan fingerprint density at radius 2 is 1.94 bits per heavy atom. The minimum Gasteiger partial charge on any atom is -0.507 e. The van der Waals surface area contributed by atoms with Crippen molar-refractivity contribution in [3.8, 4) is 0 Å². The van der Waals surface area contributed by atoms with Crippen LogP contribution in [-0.4, -0.2) is 76.0 Å². The first-order valence-electron chi connectivity index (χ1n) is 10.5. The van der Waals surface area contributed by atoms with Crippen LogP contribution in [0, 0.1) is 20.8 Å². The van der Waals surface area contributed by atoms with Crippen molar-refractivity contribution < 1.29 is 19.4 Å². The first-order chi connectivity index (χ1) is 14.9. The van der Waals surface area contributed by atoms with Crippen LogP contribution in [0.15, 0.2) is 30.1 Å². The number of hydrogen-bond acceptors (Lipinski definition) is 6. The van der Waals surface area contributed by atoms with Crippen LogP contribution >= 0.6 is 0 Å². The van der Waals surface area contributed by atoms with Crippen LogP contribution in [0.3, 0.4) is 0 Å². The first kappa shape index (κ1) is 21.3. The topological polar surface area (TPSA) is 98.8 Å². The Labute approximate surface area is 181 Å². The number of Topliss-reactive ketones (excluding diaryl/α,β-unsaturated/α-hetero) is 1. The number of aromatic amines is 1. The molecule has 0 bridgehead atoms. The lowest BCUT2D eigenvalue weighted by atomic mass is 9.95. The second-order valence-electron chi connectivity index (χ2n) is 8.11. The molecule has 0 radical (unpaired) electrons. The van der Waals surface area contributed by atoms with Crippen molar-refractivity contribution in [1.29, 1.82) is 0 Å². The van der Waals surface area contributed by atoms with Crippen molar-refractivity contribution >= 4 is 17.4 Å². The quantitative estimate of drug-likeness (QED) is 0.433. The summed E-state index contributed by atoms with van der Waals surface area (Å²) in [5.74, 6) is -1.39. The van der Waals surface area contributed by atoms with Crippen molar-refractivity contribution in [2.24, 2.45) is 0 Å². The third-order valence-corrected chi connectivity index (χ3v) is 6.23. The summed E-state index contributed by atoms with van der Waals surface area (Å²) >= 11 is 0. The van der Waals surface area contributed by atoms with Gasteiger partial charge in [0.05, 0.1) is 24.8 Å². The van der Waals surface area contributed by atoms with Gasteiger partial charge in [0.2, 0.25) is 0 Å². The van der Waals surface area contributed by atoms with Gasteiger partial charge in [-0.1, -0.05) is 6.07 Å². The number of carbonyl (C=O) groups is 2. The number of likely N-dealkylation sites (tertiary alicyclic amines) is 1. The van der Waals surface area contributed by atoms with Crippen molar-refractivity contribution in [2.75, 3.05) is 39.4 Å². The number of hydrogen-bond donors (Lipinski definition) is 2. The van der Waals surface area contributed by atoms with Crippen LogP contribution < -0.4 is 0 Å². The number of nitrogens with one attached hydrogen (secondary N) is 1. The monoisotopic (exact) mass is 424 g/mol. The summed E-state index contributed by atoms with van der Waals surface area (Å²) < 4.78 is 5.39. The van der Waals surface area contributed by atoms with E-state index in [0.29, 0.717) is 37.4 Å². The summed E-state index contributed by atoms with van der Waals surface area (Å²) in [5.41, 5.74) is 3.94. The molecule has 2 saturated heterocycles. The average molecular weight is 425 g/mol. The fraction of sp³-hybridized carbons (Fsp3) is 0.435. The number of pyridine rings is 1. The lowest BCUT2D eigenvalue weighted by Gasteiger charge is -2.30. The van der Waals surface area contributed by atoms with Gasteiger partial charge in [-0.25, -0.2) is 0 Å². The first-order valence-corrected chi connectivity index (χ1v) is 10.5. The predicted octanol–water partition coefficient (Wildman–Crippen LogP) is 2.09. The van der Waals surface area contributed by atoms with Crippen molar-refractivity contribution in [3.63, 3.8) is 0 Å². The lowest BCUT2D eigenvalue weighted by Crippen LogP contribution is -2.42. The highest BCUT2D eigenvalue weighted by atomic mass is 16.5. The summed E-state index contributed by atoms with van der Waals surface area (Å²) in [7, 11) is 0. The highest BCUT2D eigenvalue weighted by Crippen LogP contribution is 2.40. The van der Waals surface area contributed by atoms with Gasteiger partial charge in [-0.3, -0.25) is 19.5 Å². The molecule has 8 heteroatoms. The highest BCUT2D eigenvalue weighted by Gasteiger charge is 2.46. The molecule has 1 amide bonds. The van der Waals surface area contributed by atoms with Gasteiger partial charge in [-0.2, -0.15) is 0 Å². The second kappa shape index (κ2) is 8.64. The number of morpholine rings is 1. The van der Waals surface area contributed by atoms with Crippen molar-refractivity contribution in [3.05, 3.63) is 58.2 Å². The van der Waals surface area contributed by atoms with Gasteiger partial charge in [0, 0.05) is 55.5 Å². The molecule has 0 aliphatic carbocycles. The smallest absolute Gasteiger partial charge is 0.295 e. The molecule has 0 saturated carbocycles. The minimum absolute atomic E-state index is 0.116. The molecule has 4 rings (SSSR count). The number of H-pyrrole nitrogens is 1. The second-order valence-corrected chi connectivity index (χ2v) is 8.11. The average Bonchev–Trinajstić information content (AvgIpc) is 3.18. The van der Waals surface area contributed by atoms with Crippen LogP contribution in [0.4, 0.5) is 0 Å². The molecule has 1 unspecified atom stereocenters. The van der Waals surface area contributed by atoms with Gasteiger partial charge in [0.15, 0.2) is 0 Å². The SMILES string of the molecule is Cc1[nH]c(C)c(/C(O)=C2\C(=O)C(=O)N(CCN3CCOCC3)C2c2cccnc2)c1C. The number of ketones is 1. The van der Waals surface area contributed by atoms with E-state index in [1.165, 1.54) is 0 Å². The van der Waals surface area contributed by atoms with Crippen LogP contribution in [0.25, 0.3) is 5.76 Å². The summed E-state index contributed by atoms with van der Waals surface area (Å²) in [6, 6.07) is 2.93. The van der Waals surface area contributed by atoms with Crippen LogP contribution in [0.5, 0.6) is 0 Å². The number of amides is 1. The molecule has 2 aliphatic heterocycles. The molecule has 0 spiro atoms. The molecule has 8 nitrogen and oxygen atoms in total. The number of aliphatic hydroxyl groups excluding tert-OH is 1. The molecule has 0 aromatic carbocycles. The van der Waals surface area contributed by atoms with Gasteiger partial charge in [-0.15, -0.1) is 0 Å². The highest BCUT2D eigenvalue weighted by molar-refractivity contribution is 6.46. The van der Waals surface area contributed by atoms with E-state index in [1.54, 1.807) is 23.4 Å². The van der Waals surface area contributed by atoms with Crippen molar-refractivity contribution in [2.45, 2.75) is 26.8 Å². The maximum atomic E-state index is 13.1. The Bertz CT molecular complexity index is 1020. The van der Waals surface area contributed by atoms with E-state index < -0.39 is 17.7 Å². The van der Waals surface area contributed by atoms with Gasteiger partial charge >= 0.3 is 0 Å². The molecule has 2 aromatic heterocycles. The molecule has 2 aliphatic rings. The molecule has 2 aromatic rings. The van der Waals surface area contributed by atoms with E-state index in [4.69, 9.17) is 4.74 Å². The van der Waals surface area contributed by atoms with Gasteiger partial charge in [0.1, 0.15) is 5.76 Å². The Balaban J connectivity index is 1.76. The van der Waals surface area contributed by atoms with Gasteiger partial charge in [-0.05, 0) is 38.0 Å². The molecule has 1 atom stereocenters. The van der Waals surface area contributed by atoms with Crippen LogP contribution in [-0.2, 0) is 14.3 Å². The molecular formula is C23H28N4O4. The van der Waals surface area contributed by atoms with Gasteiger partial charge in [0.25, 0.3) is 11.7 Å². The summed E-state index contributed by atoms with van der Waals surface area (Å²) in [6.45, 7) is 9.58. The molecule has 4 heterocycles. The van der Waals surface area contributed by atoms with E-state index in [1.807, 2.05) is 26.8 Å². The van der Waals surface area contributed by atoms with E-state index in [0.717, 1.165) is 30.0 Å². The zero-order valence-corrected chi connectivity index (χ0v) is 18.1. The number of aryl methyl sites for hydroxylation is 2. The zero-order chi connectivity index (χ0) is 22.1. The third-order valence-electron chi connectivity index (χ3n) is 6.23. The zero-order valence-electron chi connectivity index (χ0n) is 18.1. The van der Waals surface area contributed by atoms with Gasteiger partial charge < -0.3 is 19.7 Å². The molecule has 2 N–H and O–H groups in total. The number of rotatable bonds is 5. The largest absolute Gasteiger partial charge is 0.507 e. The third kappa shape index (κ3) is 3.88. The lowest BCUT2D eigenvalue weighted by molar-refractivity contribution is -0.140. The Morgan fingerprint density at radius 3 is 2.55 bits per heavy atom. The molecule has 31 heavy (non-hydrogen) atoms. The fourth-order valence-electron chi connectivity index (χ4n) is 4.46. The molecular weight excluding hydrogens is 396 g/mol. The van der Waals surface area contributed by atoms with E-state index in [2.05, 4.69) is 14.9 Å². The van der Waals surface area contributed by atoms with E-state index in [-0.39, 0.29) is 11.3 Å². The summed E-state index contributed by atoms with van der Waals surface area (Å²) in [6.07, 6.45) is 3.29. The number of carbonyl (C=O) groups excluding carboxylic acids is 2. The van der Waals surface area contributed by atoms with E-state index >= 15 is 0 Å². The van der Waals surface area contributed by atoms with Crippen LogP contribution in [0.1, 0.15) is 34.1 Å². The summed E-state index contributed by atoms with van der Waals surface area (Å²) in [4.78, 5) is 37.3. The number of aromatic nitrogens is 2. The van der Waals surface area contributed by atoms with Crippen molar-refractivity contribution in [1.82, 2.24) is 19.8 Å². The van der Waals surface area contributed by atoms with Crippen LogP contribution in [0.2, 0.25) is 0 Å². The maximum Gasteiger partial charge on any atom is 0.295 e. The standard InChI is InChI=1S/C23H28N4O4/c1-14-15(2)25-16(3)18(14)21(28)19-20(17-5-4-6-24-13-17)27(23(30)22(19)29)8-7-26-9-11-31-12-10-26/h4-6,13,20,25,28H,7-12H2,1-3H3/b21-19+. The fourth-order valence-corrected chi connectivity index (χ4v) is 4.46. The molecule has 164 valence electrons. The Morgan fingerprint density at radius 1 is 1.19 bits per heavy atom. The number of ether oxygens (including phenoxy) is 1. The summed E-state index contributed by atoms with van der Waals surface area (Å²) in [5, 5.41) is 11.3. The maximum absolute atomic E-state index is 13.1. The Kier molecular flexibility index (Phi) is 5.93.